The number of aryl methyl sites for hydroxylation is 1. The summed E-state index contributed by atoms with van der Waals surface area (Å²) in [5, 5.41) is 7.38. The summed E-state index contributed by atoms with van der Waals surface area (Å²) in [4.78, 5) is 2.33. The minimum absolute atomic E-state index is 0.914. The van der Waals surface area contributed by atoms with Gasteiger partial charge in [0.25, 0.3) is 0 Å². The van der Waals surface area contributed by atoms with Crippen LogP contribution in [0.1, 0.15) is 5.56 Å². The van der Waals surface area contributed by atoms with E-state index in [9.17, 15) is 0 Å². The van der Waals surface area contributed by atoms with Crippen LogP contribution in [0.3, 0.4) is 0 Å². The maximum atomic E-state index is 6.36. The SMILES string of the molecule is Cc1cccc(N(c2ccc(-c3cc4ccccc4c4ccccc34)cc2)c2ccc(-c3cccc4c3oc3ccccc34)cc2)c1. The first kappa shape index (κ1) is 27.2. The normalized spacial score (nSPS) is 11.5. The maximum absolute atomic E-state index is 6.36. The zero-order chi connectivity index (χ0) is 31.3. The van der Waals surface area contributed by atoms with E-state index in [1.54, 1.807) is 0 Å². The Bertz CT molecular complexity index is 2570. The molecule has 0 N–H and O–H groups in total. The largest absolute Gasteiger partial charge is 0.455 e. The summed E-state index contributed by atoms with van der Waals surface area (Å²) >= 11 is 0. The molecule has 0 aliphatic carbocycles. The quantitative estimate of drug-likeness (QED) is 0.182. The van der Waals surface area contributed by atoms with Crippen LogP contribution < -0.4 is 4.90 Å². The van der Waals surface area contributed by atoms with Crippen LogP contribution in [0.2, 0.25) is 0 Å². The summed E-state index contributed by atoms with van der Waals surface area (Å²) in [5.74, 6) is 0. The average Bonchev–Trinajstić information content (AvgIpc) is 3.51. The molecule has 0 spiro atoms. The predicted molar refractivity (Wildman–Crippen MR) is 199 cm³/mol. The number of rotatable bonds is 5. The van der Waals surface area contributed by atoms with Crippen LogP contribution >= 0.6 is 0 Å². The molecule has 1 heterocycles. The number of fused-ring (bicyclic) bond motifs is 6. The molecule has 0 unspecified atom stereocenters. The first-order valence-corrected chi connectivity index (χ1v) is 16.1. The molecular formula is C45H31NO. The molecule has 2 nitrogen and oxygen atoms in total. The molecule has 0 fully saturated rings. The minimum atomic E-state index is 0.914. The summed E-state index contributed by atoms with van der Waals surface area (Å²) in [6.45, 7) is 2.15. The van der Waals surface area contributed by atoms with Gasteiger partial charge in [-0.3, -0.25) is 0 Å². The molecule has 222 valence electrons. The predicted octanol–water partition coefficient (Wildman–Crippen LogP) is 13.0. The third-order valence-electron chi connectivity index (χ3n) is 9.31. The fourth-order valence-corrected chi connectivity index (χ4v) is 7.06. The standard InChI is InChI=1S/C45H31NO/c1-30-10-8-12-36(28-30)46(34-24-20-31(21-25-34)38-17-9-18-42-41-16-6-7-19-44(41)47-45(38)42)35-26-22-32(23-27-35)43-29-33-11-2-3-13-37(33)39-14-4-5-15-40(39)43/h2-29H,1H3. The Morgan fingerprint density at radius 1 is 0.404 bits per heavy atom. The van der Waals surface area contributed by atoms with Gasteiger partial charge in [0.1, 0.15) is 11.2 Å². The Kier molecular flexibility index (Phi) is 6.39. The smallest absolute Gasteiger partial charge is 0.143 e. The summed E-state index contributed by atoms with van der Waals surface area (Å²) in [6.07, 6.45) is 0. The van der Waals surface area contributed by atoms with Crippen LogP contribution in [0.15, 0.2) is 174 Å². The topological polar surface area (TPSA) is 16.4 Å². The second-order valence-electron chi connectivity index (χ2n) is 12.2. The van der Waals surface area contributed by atoms with E-state index in [4.69, 9.17) is 4.42 Å². The second kappa shape index (κ2) is 11.0. The molecule has 0 aliphatic heterocycles. The molecule has 9 rings (SSSR count). The van der Waals surface area contributed by atoms with Gasteiger partial charge in [-0.05, 0) is 99.3 Å². The molecule has 9 aromatic rings. The van der Waals surface area contributed by atoms with E-state index in [-0.39, 0.29) is 0 Å². The fourth-order valence-electron chi connectivity index (χ4n) is 7.06. The van der Waals surface area contributed by atoms with E-state index in [0.717, 1.165) is 50.1 Å². The first-order chi connectivity index (χ1) is 23.2. The van der Waals surface area contributed by atoms with Crippen molar-refractivity contribution >= 4 is 60.5 Å². The number of hydrogen-bond donors (Lipinski definition) is 0. The van der Waals surface area contributed by atoms with Crippen molar-refractivity contribution in [2.75, 3.05) is 4.90 Å². The number of furan rings is 1. The van der Waals surface area contributed by atoms with Gasteiger partial charge in [-0.1, -0.05) is 121 Å². The van der Waals surface area contributed by atoms with Crippen molar-refractivity contribution in [3.63, 3.8) is 0 Å². The number of para-hydroxylation sites is 2. The maximum Gasteiger partial charge on any atom is 0.143 e. The van der Waals surface area contributed by atoms with Gasteiger partial charge >= 0.3 is 0 Å². The summed E-state index contributed by atoms with van der Waals surface area (Å²) in [7, 11) is 0. The van der Waals surface area contributed by atoms with Crippen LogP contribution in [0.4, 0.5) is 17.1 Å². The lowest BCUT2D eigenvalue weighted by atomic mass is 9.93. The molecule has 0 amide bonds. The summed E-state index contributed by atoms with van der Waals surface area (Å²) < 4.78 is 6.36. The van der Waals surface area contributed by atoms with Crippen molar-refractivity contribution in [1.29, 1.82) is 0 Å². The lowest BCUT2D eigenvalue weighted by Gasteiger charge is -2.26. The fraction of sp³-hybridized carbons (Fsp3) is 0.0222. The van der Waals surface area contributed by atoms with Crippen LogP contribution in [-0.2, 0) is 0 Å². The number of hydrogen-bond acceptors (Lipinski definition) is 2. The van der Waals surface area contributed by atoms with E-state index < -0.39 is 0 Å². The molecule has 8 aromatic carbocycles. The molecule has 0 saturated heterocycles. The average molecular weight is 602 g/mol. The van der Waals surface area contributed by atoms with Crippen LogP contribution in [0, 0.1) is 6.92 Å². The summed E-state index contributed by atoms with van der Waals surface area (Å²) in [5.41, 5.74) is 11.1. The molecule has 1 aromatic heterocycles. The molecular weight excluding hydrogens is 571 g/mol. The molecule has 0 radical (unpaired) electrons. The van der Waals surface area contributed by atoms with Crippen molar-refractivity contribution in [3.05, 3.63) is 175 Å². The van der Waals surface area contributed by atoms with Crippen LogP contribution in [0.25, 0.3) is 65.7 Å². The van der Waals surface area contributed by atoms with Crippen molar-refractivity contribution in [3.8, 4) is 22.3 Å². The third kappa shape index (κ3) is 4.65. The monoisotopic (exact) mass is 601 g/mol. The van der Waals surface area contributed by atoms with Gasteiger partial charge in [0.05, 0.1) is 0 Å². The van der Waals surface area contributed by atoms with E-state index in [2.05, 4.69) is 170 Å². The Labute approximate surface area is 273 Å². The Hall–Kier alpha value is -6.12. The molecule has 0 aliphatic rings. The highest BCUT2D eigenvalue weighted by Crippen LogP contribution is 2.41. The zero-order valence-corrected chi connectivity index (χ0v) is 26.0. The van der Waals surface area contributed by atoms with Gasteiger partial charge in [-0.25, -0.2) is 0 Å². The van der Waals surface area contributed by atoms with E-state index in [0.29, 0.717) is 0 Å². The first-order valence-electron chi connectivity index (χ1n) is 16.1. The highest BCUT2D eigenvalue weighted by atomic mass is 16.3. The van der Waals surface area contributed by atoms with Gasteiger partial charge in [0.15, 0.2) is 0 Å². The van der Waals surface area contributed by atoms with Crippen molar-refractivity contribution in [2.45, 2.75) is 6.92 Å². The van der Waals surface area contributed by atoms with Gasteiger partial charge < -0.3 is 9.32 Å². The van der Waals surface area contributed by atoms with Crippen molar-refractivity contribution in [1.82, 2.24) is 0 Å². The minimum Gasteiger partial charge on any atom is -0.455 e. The Balaban J connectivity index is 1.13. The number of benzene rings is 8. The Morgan fingerprint density at radius 2 is 1.00 bits per heavy atom. The Morgan fingerprint density at radius 3 is 1.74 bits per heavy atom. The summed E-state index contributed by atoms with van der Waals surface area (Å²) in [6, 6.07) is 60.9. The molecule has 2 heteroatoms. The van der Waals surface area contributed by atoms with Gasteiger partial charge in [0, 0.05) is 33.4 Å². The van der Waals surface area contributed by atoms with Crippen LogP contribution in [0.5, 0.6) is 0 Å². The number of nitrogens with zero attached hydrogens (tertiary/aromatic N) is 1. The molecule has 0 saturated carbocycles. The zero-order valence-electron chi connectivity index (χ0n) is 26.0. The number of anilines is 3. The molecule has 0 atom stereocenters. The van der Waals surface area contributed by atoms with E-state index in [1.807, 2.05) is 12.1 Å². The lowest BCUT2D eigenvalue weighted by molar-refractivity contribution is 0.670. The third-order valence-corrected chi connectivity index (χ3v) is 9.31. The van der Waals surface area contributed by atoms with Gasteiger partial charge in [-0.2, -0.15) is 0 Å². The van der Waals surface area contributed by atoms with E-state index in [1.165, 1.54) is 38.2 Å². The molecule has 47 heavy (non-hydrogen) atoms. The van der Waals surface area contributed by atoms with Gasteiger partial charge in [-0.15, -0.1) is 0 Å². The molecule has 0 bridgehead atoms. The van der Waals surface area contributed by atoms with E-state index >= 15 is 0 Å². The van der Waals surface area contributed by atoms with Gasteiger partial charge in [0.2, 0.25) is 0 Å². The van der Waals surface area contributed by atoms with Crippen molar-refractivity contribution in [2.24, 2.45) is 0 Å². The van der Waals surface area contributed by atoms with Crippen LogP contribution in [-0.4, -0.2) is 0 Å². The lowest BCUT2D eigenvalue weighted by Crippen LogP contribution is -2.10. The van der Waals surface area contributed by atoms with Crippen molar-refractivity contribution < 1.29 is 4.42 Å². The second-order valence-corrected chi connectivity index (χ2v) is 12.2. The highest BCUT2D eigenvalue weighted by molar-refractivity contribution is 6.14. The highest BCUT2D eigenvalue weighted by Gasteiger charge is 2.16.